The van der Waals surface area contributed by atoms with E-state index in [0.717, 1.165) is 65.1 Å². The number of hydrogen-bond acceptors (Lipinski definition) is 14. The molecule has 434 valence electrons. The van der Waals surface area contributed by atoms with Crippen molar-refractivity contribution in [1.82, 2.24) is 41.4 Å². The number of thiazole rings is 1. The Morgan fingerprint density at radius 2 is 1.60 bits per heavy atom. The monoisotopic (exact) mass is 1140 g/mol. The van der Waals surface area contributed by atoms with E-state index in [2.05, 4.69) is 31.6 Å². The van der Waals surface area contributed by atoms with Gasteiger partial charge in [0.2, 0.25) is 17.7 Å². The lowest BCUT2D eigenvalue weighted by atomic mass is 9.85. The van der Waals surface area contributed by atoms with E-state index in [1.54, 1.807) is 38.4 Å². The summed E-state index contributed by atoms with van der Waals surface area (Å²) in [6.07, 6.45) is 5.07. The number of ether oxygens (including phenoxy) is 1. The number of allylic oxidation sites excluding steroid dienone is 1. The molecule has 0 bridgehead atoms. The van der Waals surface area contributed by atoms with Crippen LogP contribution in [0, 0.1) is 12.3 Å². The number of fused-ring (bicyclic) bond motifs is 1. The number of aliphatic hydroxyl groups excluding tert-OH is 1. The number of hydrogen-bond donors (Lipinski definition) is 8. The second kappa shape index (κ2) is 26.7. The summed E-state index contributed by atoms with van der Waals surface area (Å²) in [7, 11) is 3.07. The van der Waals surface area contributed by atoms with E-state index in [9.17, 15) is 53.0 Å². The number of nitrogens with two attached hydrogens (primary N) is 1. The van der Waals surface area contributed by atoms with Crippen molar-refractivity contribution < 1.29 is 57.7 Å². The predicted octanol–water partition coefficient (Wildman–Crippen LogP) is 5.16. The van der Waals surface area contributed by atoms with Crippen molar-refractivity contribution in [3.63, 3.8) is 0 Å². The molecule has 20 nitrogen and oxygen atoms in total. The van der Waals surface area contributed by atoms with Crippen molar-refractivity contribution in [2.45, 2.75) is 134 Å². The zero-order valence-corrected chi connectivity index (χ0v) is 47.5. The summed E-state index contributed by atoms with van der Waals surface area (Å²) in [6, 6.07) is 13.2. The Hall–Kier alpha value is -7.72. The third kappa shape index (κ3) is 16.0. The molecule has 7 rings (SSSR count). The van der Waals surface area contributed by atoms with E-state index in [1.807, 2.05) is 37.3 Å². The summed E-state index contributed by atoms with van der Waals surface area (Å²) < 4.78 is 20.6. The summed E-state index contributed by atoms with van der Waals surface area (Å²) in [5.41, 5.74) is 8.87. The van der Waals surface area contributed by atoms with Gasteiger partial charge in [0.25, 0.3) is 23.6 Å². The third-order valence-corrected chi connectivity index (χ3v) is 15.7. The van der Waals surface area contributed by atoms with Crippen LogP contribution in [0.4, 0.5) is 4.39 Å². The maximum Gasteiger partial charge on any atom is 0.267 e. The molecule has 1 saturated carbocycles. The number of likely N-dealkylation sites (tertiary alicyclic amines) is 1. The lowest BCUT2D eigenvalue weighted by Crippen LogP contribution is -2.59. The van der Waals surface area contributed by atoms with Gasteiger partial charge in [0.05, 0.1) is 46.3 Å². The van der Waals surface area contributed by atoms with Crippen LogP contribution in [0.3, 0.4) is 0 Å². The van der Waals surface area contributed by atoms with E-state index in [-0.39, 0.29) is 73.2 Å². The van der Waals surface area contributed by atoms with E-state index in [0.29, 0.717) is 43.7 Å². The van der Waals surface area contributed by atoms with Gasteiger partial charge in [-0.05, 0) is 103 Å². The SMILES string of the molecule is Cc1ncsc1-c1ccc([C@H](CC(=O)NCCCCCCCNC(=O)COc2ccc3c(c2)[C@H](NC(=O)C(N)=CC(=O)c2ccc(C(=O)N(C)C)c(O)c2)CC3)NC(=O)[C@@H]2C[C@@H](O)CN2C(=O)[C@@H](NC(=O)C2(F)CC2)C(C)(C)C)cc1. The molecule has 7 amide bonds. The molecule has 22 heteroatoms. The number of aryl methyl sites for hydroxylation is 2. The number of alkyl halides is 1. The van der Waals surface area contributed by atoms with Crippen LogP contribution in [0.25, 0.3) is 10.4 Å². The smallest absolute Gasteiger partial charge is 0.267 e. The van der Waals surface area contributed by atoms with Crippen molar-refractivity contribution in [2.75, 3.05) is 40.3 Å². The highest BCUT2D eigenvalue weighted by molar-refractivity contribution is 7.13. The molecule has 4 aromatic rings. The quantitative estimate of drug-likeness (QED) is 0.0242. The standard InChI is InChI=1S/C59H74FN9O11S/c1-34-51(81-33-64-34)37-14-12-36(13-15-37)45(66-54(76)46-27-39(70)31-69(46)56(78)52(58(2,3)4)67-57(79)59(60)22-23-59)30-49(73)62-24-10-8-7-9-11-25-63-50(74)32-80-40-19-16-35-18-21-44(42(35)28-40)65-53(75)43(61)29-47(71)38-17-20-41(48(72)26-38)55(77)68(5)6/h12-17,19-20,26,28-29,33,39,44-46,52,70,72H,7-11,18,21-25,27,30-32,61H2,1-6H3,(H,62,73)(H,63,74)(H,65,75)(H,66,76)(H,67,79)/t39-,44-,45+,46+,52-/m1/s1. The van der Waals surface area contributed by atoms with Crippen LogP contribution in [0.5, 0.6) is 11.5 Å². The molecule has 2 aliphatic carbocycles. The first kappa shape index (κ1) is 60.9. The number of β-amino-alcohol motifs (C(OH)–C–C–N with tert-alkyl or cyclic N) is 1. The Kier molecular flexibility index (Phi) is 20.1. The first-order valence-electron chi connectivity index (χ1n) is 27.4. The van der Waals surface area contributed by atoms with Gasteiger partial charge in [-0.2, -0.15) is 0 Å². The number of benzene rings is 3. The molecule has 0 unspecified atom stereocenters. The van der Waals surface area contributed by atoms with Crippen LogP contribution in [0.1, 0.15) is 140 Å². The lowest BCUT2D eigenvalue weighted by Gasteiger charge is -2.36. The van der Waals surface area contributed by atoms with Gasteiger partial charge in [0.1, 0.15) is 29.3 Å². The molecule has 3 aromatic carbocycles. The molecular weight excluding hydrogens is 1060 g/mol. The van der Waals surface area contributed by atoms with Gasteiger partial charge in [-0.3, -0.25) is 38.4 Å². The molecule has 5 atom stereocenters. The minimum absolute atomic E-state index is 0.0251. The molecule has 9 N–H and O–H groups in total. The Bertz CT molecular complexity index is 3030. The highest BCUT2D eigenvalue weighted by Crippen LogP contribution is 2.41. The number of carbonyl (C=O) groups is 8. The van der Waals surface area contributed by atoms with Crippen molar-refractivity contribution in [1.29, 1.82) is 0 Å². The van der Waals surface area contributed by atoms with Crippen LogP contribution in [0.2, 0.25) is 0 Å². The maximum absolute atomic E-state index is 14.8. The molecule has 3 aliphatic rings. The summed E-state index contributed by atoms with van der Waals surface area (Å²) >= 11 is 1.50. The second-order valence-electron chi connectivity index (χ2n) is 22.4. The fourth-order valence-corrected chi connectivity index (χ4v) is 10.6. The van der Waals surface area contributed by atoms with Crippen molar-refractivity contribution in [3.05, 3.63) is 111 Å². The van der Waals surface area contributed by atoms with Gasteiger partial charge in [0.15, 0.2) is 18.1 Å². The highest BCUT2D eigenvalue weighted by Gasteiger charge is 2.53. The average molecular weight is 1140 g/mol. The minimum atomic E-state index is -2.02. The highest BCUT2D eigenvalue weighted by atomic mass is 32.1. The zero-order valence-electron chi connectivity index (χ0n) is 46.7. The van der Waals surface area contributed by atoms with Crippen LogP contribution in [-0.2, 0) is 35.2 Å². The van der Waals surface area contributed by atoms with Gasteiger partial charge < -0.3 is 57.1 Å². The number of aromatic hydroxyl groups is 1. The number of aromatic nitrogens is 1. The minimum Gasteiger partial charge on any atom is -0.507 e. The van der Waals surface area contributed by atoms with Crippen molar-refractivity contribution >= 4 is 58.5 Å². The molecule has 2 heterocycles. The van der Waals surface area contributed by atoms with Crippen LogP contribution >= 0.6 is 11.3 Å². The van der Waals surface area contributed by atoms with E-state index >= 15 is 0 Å². The summed E-state index contributed by atoms with van der Waals surface area (Å²) in [5.74, 6) is -4.33. The number of nitrogens with zero attached hydrogens (tertiary/aromatic N) is 3. The number of unbranched alkanes of at least 4 members (excludes halogenated alkanes) is 4. The maximum atomic E-state index is 14.8. The first-order valence-corrected chi connectivity index (χ1v) is 28.3. The molecule has 81 heavy (non-hydrogen) atoms. The average Bonchev–Trinajstić information content (AvgIpc) is 3.82. The number of carbonyl (C=O) groups excluding carboxylic acids is 8. The fraction of sp³-hybridized carbons (Fsp3) is 0.475. The summed E-state index contributed by atoms with van der Waals surface area (Å²) in [4.78, 5) is 113. The number of amides is 7. The largest absolute Gasteiger partial charge is 0.507 e. The molecule has 2 fully saturated rings. The van der Waals surface area contributed by atoms with Crippen LogP contribution in [-0.4, -0.2) is 136 Å². The number of rotatable bonds is 25. The number of aliphatic hydroxyl groups is 1. The Balaban J connectivity index is 0.828. The Labute approximate surface area is 474 Å². The molecule has 0 radical (unpaired) electrons. The first-order chi connectivity index (χ1) is 38.4. The van der Waals surface area contributed by atoms with Gasteiger partial charge in [-0.25, -0.2) is 9.37 Å². The Morgan fingerprint density at radius 3 is 2.23 bits per heavy atom. The normalized spacial score (nSPS) is 18.0. The number of ketones is 1. The van der Waals surface area contributed by atoms with Gasteiger partial charge >= 0.3 is 0 Å². The second-order valence-corrected chi connectivity index (χ2v) is 23.2. The molecule has 0 spiro atoms. The van der Waals surface area contributed by atoms with Crippen LogP contribution < -0.4 is 37.1 Å². The number of phenols is 1. The lowest BCUT2D eigenvalue weighted by molar-refractivity contribution is -0.145. The molecule has 1 saturated heterocycles. The number of nitrogens with one attached hydrogen (secondary N) is 5. The molecular formula is C59H74FN9O11S. The van der Waals surface area contributed by atoms with E-state index in [4.69, 9.17) is 10.5 Å². The van der Waals surface area contributed by atoms with Crippen molar-refractivity contribution in [2.24, 2.45) is 11.1 Å². The van der Waals surface area contributed by atoms with Gasteiger partial charge in [0, 0.05) is 51.8 Å². The van der Waals surface area contributed by atoms with Crippen molar-refractivity contribution in [3.8, 4) is 21.9 Å². The third-order valence-electron chi connectivity index (χ3n) is 14.7. The van der Waals surface area contributed by atoms with Gasteiger partial charge in [-0.1, -0.05) is 70.4 Å². The van der Waals surface area contributed by atoms with Gasteiger partial charge in [-0.15, -0.1) is 11.3 Å². The molecule has 1 aliphatic heterocycles. The molecule has 1 aromatic heterocycles. The predicted molar refractivity (Wildman–Crippen MR) is 301 cm³/mol. The topological polar surface area (TPSA) is 292 Å². The summed E-state index contributed by atoms with van der Waals surface area (Å²) in [6.45, 7) is 7.55. The number of phenolic OH excluding ortho intramolecular Hbond substituents is 1. The zero-order chi connectivity index (χ0) is 58.8. The van der Waals surface area contributed by atoms with Crippen LogP contribution in [0.15, 0.2) is 77.9 Å². The van der Waals surface area contributed by atoms with E-state index in [1.165, 1.54) is 47.4 Å². The fourth-order valence-electron chi connectivity index (χ4n) is 9.84. The van der Waals surface area contributed by atoms with E-state index < -0.39 is 76.7 Å². The summed E-state index contributed by atoms with van der Waals surface area (Å²) in [5, 5.41) is 35.3. The number of halogens is 1. The Morgan fingerprint density at radius 1 is 0.926 bits per heavy atom.